The molecule has 1 aliphatic rings. The SMILES string of the molecule is CN(C)C(=O)c1cccc(CC(=O)N2CCN(c3ccc(=N)n(C=N)n3)CC2)c1. The number of rotatable bonds is 5. The molecule has 2 N–H and O–H groups in total. The molecule has 0 atom stereocenters. The van der Waals surface area contributed by atoms with E-state index in [0.29, 0.717) is 37.6 Å². The van der Waals surface area contributed by atoms with Crippen LogP contribution in [0.25, 0.3) is 0 Å². The van der Waals surface area contributed by atoms with E-state index in [-0.39, 0.29) is 23.7 Å². The Morgan fingerprint density at radius 1 is 1.14 bits per heavy atom. The number of amides is 2. The standard InChI is InChI=1S/C20H25N7O2/c1-24(2)20(29)16-5-3-4-15(12-16)13-19(28)26-10-8-25(9-11-26)18-7-6-17(22)27(14-21)23-18/h3-7,12,14,21-22H,8-11,13H2,1-2H3. The topological polar surface area (TPSA) is 109 Å². The molecule has 0 bridgehead atoms. The number of piperazine rings is 1. The first-order valence-corrected chi connectivity index (χ1v) is 9.37. The number of aromatic nitrogens is 2. The van der Waals surface area contributed by atoms with Crippen LogP contribution >= 0.6 is 0 Å². The largest absolute Gasteiger partial charge is 0.352 e. The number of nitrogens with zero attached hydrogens (tertiary/aromatic N) is 5. The van der Waals surface area contributed by atoms with Crippen molar-refractivity contribution < 1.29 is 9.59 Å². The molecule has 1 aliphatic heterocycles. The first-order valence-electron chi connectivity index (χ1n) is 9.37. The molecule has 9 heteroatoms. The Labute approximate surface area is 169 Å². The van der Waals surface area contributed by atoms with Crippen molar-refractivity contribution in [1.82, 2.24) is 19.6 Å². The van der Waals surface area contributed by atoms with Gasteiger partial charge in [-0.25, -0.2) is 4.68 Å². The van der Waals surface area contributed by atoms with Crippen molar-refractivity contribution >= 4 is 24.0 Å². The molecule has 29 heavy (non-hydrogen) atoms. The molecule has 1 fully saturated rings. The maximum Gasteiger partial charge on any atom is 0.253 e. The monoisotopic (exact) mass is 395 g/mol. The van der Waals surface area contributed by atoms with Crippen LogP contribution in [0.3, 0.4) is 0 Å². The van der Waals surface area contributed by atoms with E-state index in [0.717, 1.165) is 11.9 Å². The summed E-state index contributed by atoms with van der Waals surface area (Å²) in [6.45, 7) is 2.41. The molecule has 2 heterocycles. The Morgan fingerprint density at radius 2 is 1.86 bits per heavy atom. The van der Waals surface area contributed by atoms with Crippen LogP contribution in [0, 0.1) is 10.8 Å². The molecule has 1 aromatic heterocycles. The number of carbonyl (C=O) groups is 2. The summed E-state index contributed by atoms with van der Waals surface area (Å²) in [4.78, 5) is 30.2. The third kappa shape index (κ3) is 4.68. The lowest BCUT2D eigenvalue weighted by atomic mass is 10.1. The third-order valence-electron chi connectivity index (χ3n) is 4.86. The van der Waals surface area contributed by atoms with Gasteiger partial charge in [-0.05, 0) is 29.8 Å². The zero-order valence-electron chi connectivity index (χ0n) is 16.6. The molecular formula is C20H25N7O2. The van der Waals surface area contributed by atoms with Gasteiger partial charge in [-0.1, -0.05) is 12.1 Å². The Hall–Kier alpha value is -3.49. The molecule has 9 nitrogen and oxygen atoms in total. The predicted octanol–water partition coefficient (Wildman–Crippen LogP) is 0.411. The van der Waals surface area contributed by atoms with Crippen LogP contribution in [0.1, 0.15) is 15.9 Å². The molecule has 0 aliphatic carbocycles. The van der Waals surface area contributed by atoms with Crippen molar-refractivity contribution in [2.75, 3.05) is 45.2 Å². The Balaban J connectivity index is 1.61. The predicted molar refractivity (Wildman–Crippen MR) is 109 cm³/mol. The van der Waals surface area contributed by atoms with Gasteiger partial charge in [0.25, 0.3) is 5.91 Å². The Kier molecular flexibility index (Phi) is 6.06. The fourth-order valence-electron chi connectivity index (χ4n) is 3.24. The van der Waals surface area contributed by atoms with E-state index in [9.17, 15) is 9.59 Å². The minimum atomic E-state index is -0.0822. The Bertz CT molecular complexity index is 975. The van der Waals surface area contributed by atoms with Crippen molar-refractivity contribution in [3.8, 4) is 0 Å². The van der Waals surface area contributed by atoms with Crippen LogP contribution in [0.5, 0.6) is 0 Å². The summed E-state index contributed by atoms with van der Waals surface area (Å²) in [6, 6.07) is 10.6. The molecule has 152 valence electrons. The molecule has 0 saturated carbocycles. The van der Waals surface area contributed by atoms with Gasteiger partial charge in [0.05, 0.1) is 6.42 Å². The smallest absolute Gasteiger partial charge is 0.253 e. The Morgan fingerprint density at radius 3 is 2.52 bits per heavy atom. The summed E-state index contributed by atoms with van der Waals surface area (Å²) >= 11 is 0. The van der Waals surface area contributed by atoms with E-state index in [1.54, 1.807) is 44.4 Å². The normalized spacial score (nSPS) is 13.9. The van der Waals surface area contributed by atoms with E-state index in [4.69, 9.17) is 10.8 Å². The van der Waals surface area contributed by atoms with Gasteiger partial charge in [-0.3, -0.25) is 20.4 Å². The number of anilines is 1. The van der Waals surface area contributed by atoms with Gasteiger partial charge in [-0.2, -0.15) is 0 Å². The van der Waals surface area contributed by atoms with Crippen molar-refractivity contribution in [3.63, 3.8) is 0 Å². The molecular weight excluding hydrogens is 370 g/mol. The van der Waals surface area contributed by atoms with E-state index >= 15 is 0 Å². The zero-order chi connectivity index (χ0) is 21.0. The van der Waals surface area contributed by atoms with Crippen LogP contribution in [0.15, 0.2) is 36.4 Å². The van der Waals surface area contributed by atoms with Crippen molar-refractivity contribution in [2.45, 2.75) is 6.42 Å². The van der Waals surface area contributed by atoms with Crippen LogP contribution in [0.4, 0.5) is 5.82 Å². The number of benzene rings is 1. The minimum Gasteiger partial charge on any atom is -0.352 e. The second-order valence-electron chi connectivity index (χ2n) is 7.10. The number of hydrogen-bond donors (Lipinski definition) is 2. The lowest BCUT2D eigenvalue weighted by Crippen LogP contribution is -2.49. The molecule has 2 aromatic rings. The lowest BCUT2D eigenvalue weighted by Gasteiger charge is -2.35. The first kappa shape index (κ1) is 20.2. The maximum atomic E-state index is 12.7. The molecule has 0 unspecified atom stereocenters. The summed E-state index contributed by atoms with van der Waals surface area (Å²) in [5.74, 6) is 0.635. The van der Waals surface area contributed by atoms with Crippen LogP contribution < -0.4 is 10.4 Å². The molecule has 2 amide bonds. The summed E-state index contributed by atoms with van der Waals surface area (Å²) < 4.78 is 1.20. The summed E-state index contributed by atoms with van der Waals surface area (Å²) in [6.07, 6.45) is 1.26. The van der Waals surface area contributed by atoms with Crippen molar-refractivity contribution in [1.29, 1.82) is 10.8 Å². The second-order valence-corrected chi connectivity index (χ2v) is 7.10. The highest BCUT2D eigenvalue weighted by atomic mass is 16.2. The van der Waals surface area contributed by atoms with Gasteiger partial charge in [0.15, 0.2) is 0 Å². The summed E-state index contributed by atoms with van der Waals surface area (Å²) in [5, 5.41) is 19.3. The zero-order valence-corrected chi connectivity index (χ0v) is 16.6. The minimum absolute atomic E-state index is 0.0307. The van der Waals surface area contributed by atoms with Gasteiger partial charge in [0.1, 0.15) is 17.6 Å². The fraction of sp³-hybridized carbons (Fsp3) is 0.350. The molecule has 3 rings (SSSR count). The van der Waals surface area contributed by atoms with Crippen LogP contribution in [0.2, 0.25) is 0 Å². The highest BCUT2D eigenvalue weighted by Crippen LogP contribution is 2.14. The average molecular weight is 395 g/mol. The van der Waals surface area contributed by atoms with Gasteiger partial charge in [-0.15, -0.1) is 5.10 Å². The number of carbonyl (C=O) groups excluding carboxylic acids is 2. The van der Waals surface area contributed by atoms with E-state index in [1.807, 2.05) is 15.9 Å². The number of hydrogen-bond acceptors (Lipinski definition) is 6. The summed E-state index contributed by atoms with van der Waals surface area (Å²) in [5.41, 5.74) is 1.55. The molecule has 0 spiro atoms. The first-order chi connectivity index (χ1) is 13.9. The highest BCUT2D eigenvalue weighted by Gasteiger charge is 2.22. The van der Waals surface area contributed by atoms with Crippen LogP contribution in [-0.4, -0.2) is 78.0 Å². The van der Waals surface area contributed by atoms with E-state index < -0.39 is 0 Å². The maximum absolute atomic E-state index is 12.7. The van der Waals surface area contributed by atoms with E-state index in [1.165, 1.54) is 9.58 Å². The van der Waals surface area contributed by atoms with Gasteiger partial charge >= 0.3 is 0 Å². The lowest BCUT2D eigenvalue weighted by molar-refractivity contribution is -0.130. The fourth-order valence-corrected chi connectivity index (χ4v) is 3.24. The quantitative estimate of drug-likeness (QED) is 0.564. The number of nitrogens with one attached hydrogen (secondary N) is 2. The third-order valence-corrected chi connectivity index (χ3v) is 4.86. The van der Waals surface area contributed by atoms with Gasteiger partial charge in [0.2, 0.25) is 5.91 Å². The molecule has 0 radical (unpaired) electrons. The van der Waals surface area contributed by atoms with Gasteiger partial charge in [0, 0.05) is 45.8 Å². The van der Waals surface area contributed by atoms with Gasteiger partial charge < -0.3 is 14.7 Å². The molecule has 1 saturated heterocycles. The van der Waals surface area contributed by atoms with Crippen molar-refractivity contribution in [2.24, 2.45) is 0 Å². The second kappa shape index (κ2) is 8.68. The van der Waals surface area contributed by atoms with Crippen LogP contribution in [-0.2, 0) is 11.2 Å². The van der Waals surface area contributed by atoms with E-state index in [2.05, 4.69) is 5.10 Å². The van der Waals surface area contributed by atoms with Crippen molar-refractivity contribution in [3.05, 3.63) is 53.0 Å². The summed E-state index contributed by atoms with van der Waals surface area (Å²) in [7, 11) is 3.41. The molecule has 1 aromatic carbocycles. The average Bonchev–Trinajstić information content (AvgIpc) is 2.73. The highest BCUT2D eigenvalue weighted by molar-refractivity contribution is 5.94.